The quantitative estimate of drug-likeness (QED) is 0.393. The standard InChI is InChI=1S/C30H35OP/c31-30-26(23-13-4-1-5-14-23)20-12-21-28(30)27-19-10-11-22-29(27)32(24-15-6-2-7-16-24)25-17-8-3-9-18-25/h1,4-5,10-14,19-22,24-25,31H,2-3,6-9,15-18H2. The van der Waals surface area contributed by atoms with Crippen molar-refractivity contribution in [3.8, 4) is 28.0 Å². The van der Waals surface area contributed by atoms with Gasteiger partial charge in [0.1, 0.15) is 5.75 Å². The van der Waals surface area contributed by atoms with Crippen LogP contribution in [0.3, 0.4) is 0 Å². The van der Waals surface area contributed by atoms with E-state index >= 15 is 0 Å². The Hall–Kier alpha value is -2.11. The molecule has 166 valence electrons. The first-order valence-electron chi connectivity index (χ1n) is 12.6. The maximum Gasteiger partial charge on any atom is 0.131 e. The van der Waals surface area contributed by atoms with Crippen LogP contribution in [0.1, 0.15) is 64.2 Å². The molecular weight excluding hydrogens is 407 g/mol. The monoisotopic (exact) mass is 442 g/mol. The van der Waals surface area contributed by atoms with Crippen molar-refractivity contribution in [3.63, 3.8) is 0 Å². The summed E-state index contributed by atoms with van der Waals surface area (Å²) in [6.45, 7) is 0. The van der Waals surface area contributed by atoms with E-state index in [0.29, 0.717) is 5.75 Å². The summed E-state index contributed by atoms with van der Waals surface area (Å²) in [7, 11) is -0.224. The number of hydrogen-bond acceptors (Lipinski definition) is 1. The van der Waals surface area contributed by atoms with Gasteiger partial charge >= 0.3 is 0 Å². The Morgan fingerprint density at radius 3 is 1.72 bits per heavy atom. The third kappa shape index (κ3) is 4.51. The summed E-state index contributed by atoms with van der Waals surface area (Å²) in [5.41, 5.74) is 5.97. The SMILES string of the molecule is Oc1c(-c2ccccc2)cccc1-c1ccccc1P(C1CCCCC1)C1CCCCC1. The fourth-order valence-electron chi connectivity index (χ4n) is 5.95. The molecule has 2 heteroatoms. The third-order valence-electron chi connectivity index (χ3n) is 7.53. The molecule has 0 radical (unpaired) electrons. The van der Waals surface area contributed by atoms with Gasteiger partial charge in [0.25, 0.3) is 0 Å². The van der Waals surface area contributed by atoms with E-state index in [0.717, 1.165) is 28.0 Å². The minimum absolute atomic E-state index is 0.224. The normalized spacial score (nSPS) is 18.2. The number of phenols is 1. The molecule has 0 unspecified atom stereocenters. The van der Waals surface area contributed by atoms with Gasteiger partial charge in [0.15, 0.2) is 0 Å². The van der Waals surface area contributed by atoms with E-state index in [4.69, 9.17) is 0 Å². The summed E-state index contributed by atoms with van der Waals surface area (Å²) in [4.78, 5) is 0. The zero-order chi connectivity index (χ0) is 21.8. The van der Waals surface area contributed by atoms with E-state index in [9.17, 15) is 5.11 Å². The zero-order valence-electron chi connectivity index (χ0n) is 19.0. The number of para-hydroxylation sites is 1. The van der Waals surface area contributed by atoms with Gasteiger partial charge in [-0.15, -0.1) is 0 Å². The van der Waals surface area contributed by atoms with Crippen LogP contribution < -0.4 is 5.30 Å². The van der Waals surface area contributed by atoms with Gasteiger partial charge < -0.3 is 5.11 Å². The van der Waals surface area contributed by atoms with Gasteiger partial charge in [0, 0.05) is 11.1 Å². The van der Waals surface area contributed by atoms with Crippen LogP contribution in [-0.4, -0.2) is 16.4 Å². The molecule has 2 aliphatic rings. The Morgan fingerprint density at radius 1 is 0.531 bits per heavy atom. The summed E-state index contributed by atoms with van der Waals surface area (Å²) in [6.07, 6.45) is 14.0. The highest BCUT2D eigenvalue weighted by Gasteiger charge is 2.33. The van der Waals surface area contributed by atoms with Gasteiger partial charge in [-0.05, 0) is 53.4 Å². The topological polar surface area (TPSA) is 20.2 Å². The van der Waals surface area contributed by atoms with Gasteiger partial charge in [-0.25, -0.2) is 0 Å². The molecule has 0 saturated heterocycles. The fraction of sp³-hybridized carbons (Fsp3) is 0.400. The van der Waals surface area contributed by atoms with Crippen molar-refractivity contribution in [1.29, 1.82) is 0 Å². The Bertz CT molecular complexity index is 998. The van der Waals surface area contributed by atoms with Crippen molar-refractivity contribution in [2.45, 2.75) is 75.5 Å². The van der Waals surface area contributed by atoms with Crippen LogP contribution in [0.2, 0.25) is 0 Å². The van der Waals surface area contributed by atoms with Crippen molar-refractivity contribution in [1.82, 2.24) is 0 Å². The third-order valence-corrected chi connectivity index (χ3v) is 11.1. The Labute approximate surface area is 194 Å². The van der Waals surface area contributed by atoms with Crippen molar-refractivity contribution >= 4 is 13.2 Å². The second kappa shape index (κ2) is 10.2. The second-order valence-electron chi connectivity index (χ2n) is 9.58. The molecule has 2 fully saturated rings. The molecule has 0 heterocycles. The van der Waals surface area contributed by atoms with Crippen molar-refractivity contribution in [3.05, 3.63) is 72.8 Å². The van der Waals surface area contributed by atoms with Crippen LogP contribution in [0.4, 0.5) is 0 Å². The average molecular weight is 443 g/mol. The van der Waals surface area contributed by atoms with Crippen molar-refractivity contribution in [2.24, 2.45) is 0 Å². The molecule has 2 aliphatic carbocycles. The highest BCUT2D eigenvalue weighted by atomic mass is 31.1. The summed E-state index contributed by atoms with van der Waals surface area (Å²) >= 11 is 0. The molecule has 2 saturated carbocycles. The lowest BCUT2D eigenvalue weighted by molar-refractivity contribution is 0.479. The van der Waals surface area contributed by atoms with E-state index in [1.165, 1.54) is 69.8 Å². The Morgan fingerprint density at radius 2 is 1.06 bits per heavy atom. The molecule has 0 spiro atoms. The molecule has 3 aromatic rings. The molecule has 5 rings (SSSR count). The average Bonchev–Trinajstić information content (AvgIpc) is 2.87. The van der Waals surface area contributed by atoms with Crippen LogP contribution in [0.5, 0.6) is 5.75 Å². The lowest BCUT2D eigenvalue weighted by Gasteiger charge is -2.39. The smallest absolute Gasteiger partial charge is 0.131 e. The van der Waals surface area contributed by atoms with Crippen LogP contribution in [0.15, 0.2) is 72.8 Å². The van der Waals surface area contributed by atoms with Gasteiger partial charge in [0.05, 0.1) is 0 Å². The minimum atomic E-state index is -0.224. The molecular formula is C30H35OP. The number of rotatable bonds is 5. The predicted molar refractivity (Wildman–Crippen MR) is 139 cm³/mol. The number of aromatic hydroxyl groups is 1. The molecule has 0 atom stereocenters. The van der Waals surface area contributed by atoms with E-state index in [-0.39, 0.29) is 7.92 Å². The minimum Gasteiger partial charge on any atom is -0.507 e. The van der Waals surface area contributed by atoms with E-state index in [1.807, 2.05) is 24.3 Å². The molecule has 3 aromatic carbocycles. The number of benzene rings is 3. The summed E-state index contributed by atoms with van der Waals surface area (Å²) in [6, 6.07) is 25.6. The predicted octanol–water partition coefficient (Wildman–Crippen LogP) is 8.50. The van der Waals surface area contributed by atoms with Crippen LogP contribution in [0, 0.1) is 0 Å². The number of hydrogen-bond donors (Lipinski definition) is 1. The highest BCUT2D eigenvalue weighted by molar-refractivity contribution is 7.67. The van der Waals surface area contributed by atoms with Gasteiger partial charge in [0.2, 0.25) is 0 Å². The second-order valence-corrected chi connectivity index (χ2v) is 12.3. The first kappa shape index (κ1) is 21.7. The van der Waals surface area contributed by atoms with Crippen LogP contribution in [0.25, 0.3) is 22.3 Å². The molecule has 32 heavy (non-hydrogen) atoms. The van der Waals surface area contributed by atoms with Gasteiger partial charge in [-0.1, -0.05) is 119 Å². The van der Waals surface area contributed by atoms with E-state index < -0.39 is 0 Å². The molecule has 0 aromatic heterocycles. The maximum absolute atomic E-state index is 11.4. The number of phenolic OH excluding ortho intramolecular Hbond substituents is 1. The molecule has 0 bridgehead atoms. The molecule has 0 amide bonds. The summed E-state index contributed by atoms with van der Waals surface area (Å²) < 4.78 is 0. The van der Waals surface area contributed by atoms with E-state index in [2.05, 4.69) is 48.5 Å². The fourth-order valence-corrected chi connectivity index (χ4v) is 9.91. The Balaban J connectivity index is 1.60. The van der Waals surface area contributed by atoms with Crippen molar-refractivity contribution < 1.29 is 5.11 Å². The van der Waals surface area contributed by atoms with Crippen molar-refractivity contribution in [2.75, 3.05) is 0 Å². The lowest BCUT2D eigenvalue weighted by Crippen LogP contribution is -2.27. The Kier molecular flexibility index (Phi) is 6.94. The molecule has 1 N–H and O–H groups in total. The summed E-state index contributed by atoms with van der Waals surface area (Å²) in [5.74, 6) is 0.424. The lowest BCUT2D eigenvalue weighted by atomic mass is 9.97. The summed E-state index contributed by atoms with van der Waals surface area (Å²) in [5, 5.41) is 13.0. The molecule has 0 aliphatic heterocycles. The first-order valence-corrected chi connectivity index (χ1v) is 14.1. The van der Waals surface area contributed by atoms with Crippen LogP contribution >= 0.6 is 7.92 Å². The largest absolute Gasteiger partial charge is 0.507 e. The molecule has 1 nitrogen and oxygen atoms in total. The first-order chi connectivity index (χ1) is 15.8. The van der Waals surface area contributed by atoms with Crippen LogP contribution in [-0.2, 0) is 0 Å². The van der Waals surface area contributed by atoms with Gasteiger partial charge in [-0.2, -0.15) is 0 Å². The van der Waals surface area contributed by atoms with E-state index in [1.54, 1.807) is 5.30 Å². The highest BCUT2D eigenvalue weighted by Crippen LogP contribution is 2.56. The maximum atomic E-state index is 11.4. The zero-order valence-corrected chi connectivity index (χ0v) is 19.9. The van der Waals surface area contributed by atoms with Gasteiger partial charge in [-0.3, -0.25) is 0 Å².